The largest absolute Gasteiger partial charge is 1.00 e. The Labute approximate surface area is 138 Å². The van der Waals surface area contributed by atoms with Crippen LogP contribution in [0.4, 0.5) is 0 Å². The van der Waals surface area contributed by atoms with Crippen LogP contribution in [-0.4, -0.2) is 32.4 Å². The van der Waals surface area contributed by atoms with Gasteiger partial charge in [0.1, 0.15) is 0 Å². The summed E-state index contributed by atoms with van der Waals surface area (Å²) in [5, 5.41) is 41.2. The van der Waals surface area contributed by atoms with Crippen LogP contribution in [0.2, 0.25) is 0 Å². The normalized spacial score (nSPS) is 3.75. The molecule has 0 radical (unpaired) electrons. The zero-order valence-electron chi connectivity index (χ0n) is 12.0. The summed E-state index contributed by atoms with van der Waals surface area (Å²) in [7, 11) is 0. The van der Waals surface area contributed by atoms with Gasteiger partial charge in [-0.2, -0.15) is 0 Å². The van der Waals surface area contributed by atoms with Crippen LogP contribution in [0.3, 0.4) is 0 Å². The van der Waals surface area contributed by atoms with Gasteiger partial charge in [0.05, 0.1) is 0 Å². The number of carboxylic acid groups (broad SMARTS) is 5. The van der Waals surface area contributed by atoms with Gasteiger partial charge in [0.2, 0.25) is 0 Å². The molecule has 0 aromatic carbocycles. The second-order valence-electron chi connectivity index (χ2n) is 0.481. The van der Waals surface area contributed by atoms with Crippen molar-refractivity contribution < 1.29 is 107 Å². The Kier molecular flexibility index (Phi) is 337. The van der Waals surface area contributed by atoms with E-state index in [-0.39, 0.29) is 57.1 Å². The minimum absolute atomic E-state index is 0. The molecule has 0 aliphatic rings. The molecule has 16 heavy (non-hydrogen) atoms. The fourth-order valence-electron chi connectivity index (χ4n) is 0. The van der Waals surface area contributed by atoms with E-state index < -0.39 is 32.4 Å². The van der Waals surface area contributed by atoms with Gasteiger partial charge in [-0.1, -0.05) is 0 Å². The first-order chi connectivity index (χ1) is 7.07. The molecule has 0 aliphatic heterocycles. The van der Waals surface area contributed by atoms with Crippen LogP contribution in [0.5, 0.6) is 0 Å². The van der Waals surface area contributed by atoms with Crippen molar-refractivity contribution in [1.82, 2.24) is 0 Å². The molecule has 0 saturated carbocycles. The summed E-state index contributed by atoms with van der Waals surface area (Å²) >= 11 is 0. The predicted octanol–water partition coefficient (Wildman–Crippen LogP) is -10.7. The van der Waals surface area contributed by atoms with Crippen LogP contribution in [0, 0.1) is 0 Å². The van der Waals surface area contributed by atoms with Crippen molar-refractivity contribution in [1.29, 1.82) is 0 Å². The molecule has 0 saturated heterocycles. The van der Waals surface area contributed by atoms with Gasteiger partial charge in [-0.15, -0.1) is 0 Å². The molecule has 11 heteroatoms. The molecule has 0 fully saturated rings. The molecule has 0 heterocycles. The van der Waals surface area contributed by atoms with Gasteiger partial charge in [-0.25, -0.2) is 0 Å². The number of rotatable bonds is 0. The summed E-state index contributed by atoms with van der Waals surface area (Å²) in [6, 6.07) is 0. The van der Waals surface area contributed by atoms with E-state index in [0.29, 0.717) is 0 Å². The van der Waals surface area contributed by atoms with Crippen molar-refractivity contribution in [2.24, 2.45) is 0 Å². The third-order valence-electron chi connectivity index (χ3n) is 0. The molecule has 0 N–H and O–H groups in total. The standard InChI is InChI=1S/5CH2O2.K/c5*2-1-3;/h5*1H,(H,2,3);/q;;;;;+1/p-1. The molecule has 0 unspecified atom stereocenters. The van der Waals surface area contributed by atoms with Gasteiger partial charge < -0.3 is 49.5 Å². The Morgan fingerprint density at radius 1 is 0.500 bits per heavy atom. The minimum Gasteiger partial charge on any atom is -0.554 e. The first-order valence-corrected chi connectivity index (χ1v) is 2.36. The zero-order valence-corrected chi connectivity index (χ0v) is 11.1. The van der Waals surface area contributed by atoms with Gasteiger partial charge in [-0.05, 0) is 0 Å². The van der Waals surface area contributed by atoms with Crippen LogP contribution >= 0.6 is 0 Å². The topological polar surface area (TPSA) is 201 Å². The van der Waals surface area contributed by atoms with E-state index in [1.807, 2.05) is 0 Å². The second kappa shape index (κ2) is 148. The molecular weight excluding hydrogens is 259 g/mol. The van der Waals surface area contributed by atoms with Crippen molar-refractivity contribution in [3.8, 4) is 0 Å². The first kappa shape index (κ1) is 36.3. The van der Waals surface area contributed by atoms with E-state index in [9.17, 15) is 0 Å². The van der Waals surface area contributed by atoms with E-state index in [0.717, 1.165) is 0 Å². The van der Waals surface area contributed by atoms with Crippen molar-refractivity contribution in [2.45, 2.75) is 0 Å². The van der Waals surface area contributed by atoms with E-state index >= 15 is 0 Å². The average molecular weight is 268 g/mol. The molecule has 0 aromatic heterocycles. The fourth-order valence-corrected chi connectivity index (χ4v) is 0. The summed E-state index contributed by atoms with van der Waals surface area (Å²) in [5.74, 6) is 0. The first-order valence-electron chi connectivity index (χ1n) is 2.36. The average Bonchev–Trinajstić information content (AvgIpc) is 2.09. The molecule has 0 aliphatic carbocycles. The van der Waals surface area contributed by atoms with Crippen LogP contribution in [0.15, 0.2) is 0 Å². The number of hydrogen-bond acceptors (Lipinski definition) is 10. The predicted molar refractivity (Wildman–Crippen MR) is 34.8 cm³/mol. The van der Waals surface area contributed by atoms with Crippen LogP contribution in [0.25, 0.3) is 0 Å². The summed E-state index contributed by atoms with van der Waals surface area (Å²) in [5.41, 5.74) is 0. The van der Waals surface area contributed by atoms with Crippen LogP contribution < -0.4 is 76.9 Å². The van der Waals surface area contributed by atoms with E-state index in [2.05, 4.69) is 0 Å². The molecule has 0 atom stereocenters. The monoisotopic (exact) mass is 268 g/mol. The molecule has 90 valence electrons. The molecule has 0 bridgehead atoms. The smallest absolute Gasteiger partial charge is 0.554 e. The molecule has 0 spiro atoms. The fraction of sp³-hybridized carbons (Fsp3) is 0. The Balaban J connectivity index is -0.00000000735. The maximum absolute atomic E-state index is 8.25. The van der Waals surface area contributed by atoms with Crippen LogP contribution in [0.1, 0.15) is 5.71 Å². The number of hydrogen-bond donors (Lipinski definition) is 0. The molecule has 0 aromatic rings. The van der Waals surface area contributed by atoms with Gasteiger partial charge in [0, 0.05) is 32.4 Å². The maximum Gasteiger partial charge on any atom is 1.00 e. The Morgan fingerprint density at radius 2 is 0.500 bits per heavy atom. The van der Waals surface area contributed by atoms with E-state index in [1.54, 1.807) is 0 Å². The number of carbonyl (C=O) groups is 5. The zero-order chi connectivity index (χ0) is 13.5. The summed E-state index contributed by atoms with van der Waals surface area (Å²) in [6.45, 7) is -2.50. The van der Waals surface area contributed by atoms with Gasteiger partial charge in [0.25, 0.3) is 0 Å². The molecule has 0 amide bonds. The SMILES string of the molecule is O=C[O-].O=C[O-].O=C[O-].O=C[O-].O=C[O-].[H+].[H+].[H+].[H+].[K+]. The Morgan fingerprint density at radius 3 is 0.500 bits per heavy atom. The van der Waals surface area contributed by atoms with Gasteiger partial charge in [0.15, 0.2) is 0 Å². The Hall–Kier alpha value is -1.01. The third-order valence-corrected chi connectivity index (χ3v) is 0. The van der Waals surface area contributed by atoms with Gasteiger partial charge in [-0.3, -0.25) is 0 Å². The third kappa shape index (κ3) is 1820. The maximum atomic E-state index is 8.25. The van der Waals surface area contributed by atoms with Crippen molar-refractivity contribution in [2.75, 3.05) is 0 Å². The molecule has 10 nitrogen and oxygen atoms in total. The summed E-state index contributed by atoms with van der Waals surface area (Å²) < 4.78 is 0. The number of carbonyl (C=O) groups excluding carboxylic acids is 5. The van der Waals surface area contributed by atoms with Crippen molar-refractivity contribution >= 4 is 32.4 Å². The summed E-state index contributed by atoms with van der Waals surface area (Å²) in [4.78, 5) is 41.2. The quantitative estimate of drug-likeness (QED) is 0.299. The molecular formula is C5H9KO10. The Bertz CT molecular complexity index is 106. The molecule has 0 rings (SSSR count). The summed E-state index contributed by atoms with van der Waals surface area (Å²) in [6.07, 6.45) is 0. The van der Waals surface area contributed by atoms with Crippen molar-refractivity contribution in [3.63, 3.8) is 0 Å². The minimum atomic E-state index is -0.500. The van der Waals surface area contributed by atoms with Gasteiger partial charge >= 0.3 is 57.1 Å². The van der Waals surface area contributed by atoms with E-state index in [1.165, 1.54) is 0 Å². The van der Waals surface area contributed by atoms with E-state index in [4.69, 9.17) is 49.5 Å². The van der Waals surface area contributed by atoms with Crippen LogP contribution in [-0.2, 0) is 24.0 Å². The second-order valence-corrected chi connectivity index (χ2v) is 0.481. The van der Waals surface area contributed by atoms with Crippen molar-refractivity contribution in [3.05, 3.63) is 0 Å².